The molecule has 1 unspecified atom stereocenters. The Morgan fingerprint density at radius 3 is 1.59 bits per heavy atom. The summed E-state index contributed by atoms with van der Waals surface area (Å²) in [5.74, 6) is -1.38. The van der Waals surface area contributed by atoms with Gasteiger partial charge in [-0.1, -0.05) is 144 Å². The Bertz CT molecular complexity index is 1050. The lowest BCUT2D eigenvalue weighted by molar-refractivity contribution is -0.147. The maximum atomic E-state index is 12.7. The smallest absolute Gasteiger partial charge is 0.322 e. The molecule has 0 aromatic heterocycles. The van der Waals surface area contributed by atoms with E-state index in [2.05, 4.69) is 98.2 Å². The zero-order chi connectivity index (χ0) is 37.3. The van der Waals surface area contributed by atoms with Crippen molar-refractivity contribution >= 4 is 17.8 Å². The second-order valence-electron chi connectivity index (χ2n) is 13.2. The summed E-state index contributed by atoms with van der Waals surface area (Å²) in [5, 5.41) is 11.1. The van der Waals surface area contributed by atoms with E-state index >= 15 is 0 Å². The van der Waals surface area contributed by atoms with Gasteiger partial charge in [0.1, 0.15) is 12.6 Å². The van der Waals surface area contributed by atoms with E-state index in [1.807, 2.05) is 6.08 Å². The van der Waals surface area contributed by atoms with Gasteiger partial charge in [-0.15, -0.1) is 0 Å². The van der Waals surface area contributed by atoms with Gasteiger partial charge >= 0.3 is 11.9 Å². The molecule has 1 atom stereocenters. The van der Waals surface area contributed by atoms with E-state index in [0.717, 1.165) is 103 Å². The third-order valence-corrected chi connectivity index (χ3v) is 8.29. The minimum Gasteiger partial charge on any atom is -0.480 e. The topological polar surface area (TPSA) is 92.7 Å². The van der Waals surface area contributed by atoms with Crippen molar-refractivity contribution in [2.45, 2.75) is 174 Å². The number of hydrogen-bond acceptors (Lipinski definition) is 4. The molecular weight excluding hydrogens is 634 g/mol. The minimum atomic E-state index is -1.03. The number of hydrogen-bond donors (Lipinski definition) is 2. The van der Waals surface area contributed by atoms with Gasteiger partial charge in [-0.3, -0.25) is 14.4 Å². The molecule has 51 heavy (non-hydrogen) atoms. The average Bonchev–Trinajstić information content (AvgIpc) is 3.11. The second-order valence-corrected chi connectivity index (χ2v) is 13.2. The lowest BCUT2D eigenvalue weighted by Gasteiger charge is -2.14. The quantitative estimate of drug-likeness (QED) is 0.0388. The van der Waals surface area contributed by atoms with Crippen molar-refractivity contribution in [2.75, 3.05) is 6.54 Å². The van der Waals surface area contributed by atoms with Crippen LogP contribution in [0.5, 0.6) is 0 Å². The first kappa shape index (κ1) is 47.6. The van der Waals surface area contributed by atoms with Crippen LogP contribution in [0.25, 0.3) is 0 Å². The molecule has 0 rings (SSSR count). The van der Waals surface area contributed by atoms with Crippen molar-refractivity contribution in [3.63, 3.8) is 0 Å². The minimum absolute atomic E-state index is 0.120. The highest BCUT2D eigenvalue weighted by Crippen LogP contribution is 2.14. The highest BCUT2D eigenvalue weighted by Gasteiger charge is 2.11. The highest BCUT2D eigenvalue weighted by atomic mass is 16.5. The Labute approximate surface area is 312 Å². The van der Waals surface area contributed by atoms with E-state index in [1.54, 1.807) is 0 Å². The summed E-state index contributed by atoms with van der Waals surface area (Å²) in [6.07, 6.45) is 54.3. The van der Waals surface area contributed by atoms with Crippen molar-refractivity contribution < 1.29 is 24.2 Å². The second kappa shape index (κ2) is 39.4. The van der Waals surface area contributed by atoms with Crippen LogP contribution >= 0.6 is 0 Å². The van der Waals surface area contributed by atoms with Gasteiger partial charge in [-0.2, -0.15) is 0 Å². The summed E-state index contributed by atoms with van der Waals surface area (Å²) in [4.78, 5) is 34.9. The Morgan fingerprint density at radius 2 is 1.02 bits per heavy atom. The van der Waals surface area contributed by atoms with Gasteiger partial charge in [-0.25, -0.2) is 0 Å². The molecule has 6 heteroatoms. The zero-order valence-electron chi connectivity index (χ0n) is 32.4. The third kappa shape index (κ3) is 39.2. The first-order chi connectivity index (χ1) is 25.0. The van der Waals surface area contributed by atoms with Crippen LogP contribution in [0, 0.1) is 0 Å². The molecule has 1 amide bonds. The summed E-state index contributed by atoms with van der Waals surface area (Å²) < 4.78 is 5.87. The summed E-state index contributed by atoms with van der Waals surface area (Å²) in [5.41, 5.74) is 0. The number of aliphatic carboxylic acids is 1. The summed E-state index contributed by atoms with van der Waals surface area (Å²) in [6.45, 7) is 4.05. The molecule has 6 nitrogen and oxygen atoms in total. The Kier molecular flexibility index (Phi) is 36.7. The fraction of sp³-hybridized carbons (Fsp3) is 0.622. The zero-order valence-corrected chi connectivity index (χ0v) is 32.4. The Morgan fingerprint density at radius 1 is 0.549 bits per heavy atom. The standard InChI is InChI=1S/C45H73NO5/c1-3-5-7-9-11-13-14-15-16-17-18-19-20-21-22-23-24-26-28-30-36-40-45(50)51-42(37-33-29-27-25-12-10-8-6-4-2)38-34-31-32-35-39-43(47)46-41-44(48)49/h5,7,11,13,15-16,18-19,21-22,25,27,33,37,42H,3-4,6,8-10,12,14,17,20,23-24,26,28-32,34-36,38-41H2,1-2H3,(H,46,47)(H,48,49)/b7-5-,13-11-,16-15-,19-18-,22-21-,27-25-,37-33-. The van der Waals surface area contributed by atoms with Crippen molar-refractivity contribution in [3.05, 3.63) is 85.1 Å². The molecule has 288 valence electrons. The summed E-state index contributed by atoms with van der Waals surface area (Å²) in [7, 11) is 0. The van der Waals surface area contributed by atoms with E-state index in [4.69, 9.17) is 9.84 Å². The number of carboxylic acid groups (broad SMARTS) is 1. The molecule has 0 saturated carbocycles. The van der Waals surface area contributed by atoms with Crippen LogP contribution in [-0.4, -0.2) is 35.6 Å². The van der Waals surface area contributed by atoms with Gasteiger partial charge in [-0.05, 0) is 96.0 Å². The molecule has 0 heterocycles. The molecule has 0 bridgehead atoms. The first-order valence-corrected chi connectivity index (χ1v) is 20.2. The highest BCUT2D eigenvalue weighted by molar-refractivity contribution is 5.80. The lowest BCUT2D eigenvalue weighted by atomic mass is 10.1. The van der Waals surface area contributed by atoms with E-state index < -0.39 is 5.97 Å². The lowest BCUT2D eigenvalue weighted by Crippen LogP contribution is -2.28. The van der Waals surface area contributed by atoms with E-state index in [0.29, 0.717) is 12.8 Å². The van der Waals surface area contributed by atoms with Crippen molar-refractivity contribution in [3.8, 4) is 0 Å². The Hall–Kier alpha value is -3.41. The number of unbranched alkanes of at least 4 members (excludes halogenated alkanes) is 12. The number of nitrogens with one attached hydrogen (secondary N) is 1. The molecular formula is C45H73NO5. The molecule has 0 aromatic carbocycles. The van der Waals surface area contributed by atoms with Crippen LogP contribution in [0.2, 0.25) is 0 Å². The molecule has 0 radical (unpaired) electrons. The van der Waals surface area contributed by atoms with E-state index in [1.165, 1.54) is 38.5 Å². The summed E-state index contributed by atoms with van der Waals surface area (Å²) in [6, 6.07) is 0. The molecule has 0 aliphatic heterocycles. The average molecular weight is 708 g/mol. The third-order valence-electron chi connectivity index (χ3n) is 8.29. The predicted molar refractivity (Wildman–Crippen MR) is 217 cm³/mol. The summed E-state index contributed by atoms with van der Waals surface area (Å²) >= 11 is 0. The molecule has 0 aliphatic rings. The first-order valence-electron chi connectivity index (χ1n) is 20.2. The molecule has 0 aliphatic carbocycles. The monoisotopic (exact) mass is 708 g/mol. The van der Waals surface area contributed by atoms with Crippen molar-refractivity contribution in [2.24, 2.45) is 0 Å². The van der Waals surface area contributed by atoms with Gasteiger partial charge in [0.2, 0.25) is 5.91 Å². The number of ether oxygens (including phenoxy) is 1. The SMILES string of the molecule is CC/C=C\C/C=C\C/C=C\C/C=C\C/C=C\CCCCCCCC(=O)OC(/C=C\C/C=C\CCCCCC)CCCCCCC(=O)NCC(=O)O. The van der Waals surface area contributed by atoms with Crippen molar-refractivity contribution in [1.29, 1.82) is 0 Å². The van der Waals surface area contributed by atoms with Crippen LogP contribution < -0.4 is 5.32 Å². The van der Waals surface area contributed by atoms with Crippen LogP contribution in [0.15, 0.2) is 85.1 Å². The maximum Gasteiger partial charge on any atom is 0.322 e. The number of carbonyl (C=O) groups is 3. The van der Waals surface area contributed by atoms with E-state index in [9.17, 15) is 14.4 Å². The van der Waals surface area contributed by atoms with Crippen LogP contribution in [0.1, 0.15) is 168 Å². The fourth-order valence-corrected chi connectivity index (χ4v) is 5.31. The number of allylic oxidation sites excluding steroid dienone is 13. The van der Waals surface area contributed by atoms with Gasteiger partial charge in [0.05, 0.1) is 0 Å². The number of esters is 1. The van der Waals surface area contributed by atoms with Gasteiger partial charge in [0.15, 0.2) is 0 Å². The van der Waals surface area contributed by atoms with Crippen molar-refractivity contribution in [1.82, 2.24) is 5.32 Å². The van der Waals surface area contributed by atoms with Crippen LogP contribution in [0.4, 0.5) is 0 Å². The Balaban J connectivity index is 4.20. The maximum absolute atomic E-state index is 12.7. The molecule has 0 saturated heterocycles. The number of carboxylic acids is 1. The number of amides is 1. The van der Waals surface area contributed by atoms with Gasteiger partial charge < -0.3 is 15.2 Å². The predicted octanol–water partition coefficient (Wildman–Crippen LogP) is 12.4. The van der Waals surface area contributed by atoms with Crippen LogP contribution in [0.3, 0.4) is 0 Å². The largest absolute Gasteiger partial charge is 0.480 e. The molecule has 0 aromatic rings. The normalized spacial score (nSPS) is 13.0. The number of rotatable bonds is 35. The van der Waals surface area contributed by atoms with E-state index in [-0.39, 0.29) is 24.5 Å². The van der Waals surface area contributed by atoms with Crippen LogP contribution in [-0.2, 0) is 19.1 Å². The molecule has 0 fully saturated rings. The van der Waals surface area contributed by atoms with Gasteiger partial charge in [0, 0.05) is 12.8 Å². The van der Waals surface area contributed by atoms with Gasteiger partial charge in [0.25, 0.3) is 0 Å². The molecule has 2 N–H and O–H groups in total. The molecule has 0 spiro atoms. The fourth-order valence-electron chi connectivity index (χ4n) is 5.31. The number of carbonyl (C=O) groups excluding carboxylic acids is 2.